The van der Waals surface area contributed by atoms with Crippen LogP contribution in [0, 0.1) is 0 Å². The summed E-state index contributed by atoms with van der Waals surface area (Å²) in [5.41, 5.74) is 0.331. The van der Waals surface area contributed by atoms with Crippen molar-refractivity contribution in [2.45, 2.75) is 0 Å². The Kier molecular flexibility index (Phi) is 3.39. The molecule has 5 nitrogen and oxygen atoms in total. The van der Waals surface area contributed by atoms with E-state index in [0.717, 1.165) is 13.1 Å². The second-order valence-electron chi connectivity index (χ2n) is 3.89. The molecule has 0 radical (unpaired) electrons. The van der Waals surface area contributed by atoms with Gasteiger partial charge in [0, 0.05) is 26.2 Å². The Balaban J connectivity index is 2.26. The van der Waals surface area contributed by atoms with Crippen molar-refractivity contribution < 1.29 is 14.7 Å². The normalized spacial score (nSPS) is 15.6. The van der Waals surface area contributed by atoms with Crippen molar-refractivity contribution in [2.24, 2.45) is 0 Å². The molecule has 1 saturated heterocycles. The molecular weight excluding hydrogens is 220 g/mol. The minimum absolute atomic E-state index is 0.0658. The third-order valence-corrected chi connectivity index (χ3v) is 2.79. The first-order chi connectivity index (χ1) is 8.20. The predicted molar refractivity (Wildman–Crippen MR) is 62.2 cm³/mol. The number of amides is 1. The zero-order valence-corrected chi connectivity index (χ0v) is 9.35. The molecule has 1 amide bonds. The third kappa shape index (κ3) is 2.45. The number of nitrogens with one attached hydrogen (secondary N) is 1. The van der Waals surface area contributed by atoms with E-state index in [1.807, 2.05) is 0 Å². The van der Waals surface area contributed by atoms with E-state index in [0.29, 0.717) is 13.1 Å². The van der Waals surface area contributed by atoms with Crippen LogP contribution in [-0.2, 0) is 0 Å². The van der Waals surface area contributed by atoms with Gasteiger partial charge in [-0.3, -0.25) is 4.79 Å². The molecule has 2 rings (SSSR count). The molecule has 2 N–H and O–H groups in total. The highest BCUT2D eigenvalue weighted by molar-refractivity contribution is 6.04. The number of nitrogens with zero attached hydrogens (tertiary/aromatic N) is 1. The summed E-state index contributed by atoms with van der Waals surface area (Å²) >= 11 is 0. The van der Waals surface area contributed by atoms with Gasteiger partial charge in [0.1, 0.15) is 0 Å². The molecule has 1 aromatic carbocycles. The molecule has 0 atom stereocenters. The number of carboxylic acids is 1. The van der Waals surface area contributed by atoms with Gasteiger partial charge in [-0.15, -0.1) is 0 Å². The van der Waals surface area contributed by atoms with Gasteiger partial charge in [-0.05, 0) is 12.1 Å². The van der Waals surface area contributed by atoms with Gasteiger partial charge in [-0.25, -0.2) is 4.79 Å². The molecule has 1 aromatic rings. The first-order valence-electron chi connectivity index (χ1n) is 5.52. The van der Waals surface area contributed by atoms with E-state index in [1.165, 1.54) is 6.07 Å². The number of carbonyl (C=O) groups excluding carboxylic acids is 1. The fourth-order valence-electron chi connectivity index (χ4n) is 1.89. The average molecular weight is 234 g/mol. The molecule has 17 heavy (non-hydrogen) atoms. The van der Waals surface area contributed by atoms with Gasteiger partial charge in [-0.1, -0.05) is 12.1 Å². The number of hydrogen-bond donors (Lipinski definition) is 2. The fraction of sp³-hybridized carbons (Fsp3) is 0.333. The highest BCUT2D eigenvalue weighted by Crippen LogP contribution is 2.12. The van der Waals surface area contributed by atoms with Gasteiger partial charge in [0.25, 0.3) is 5.91 Å². The lowest BCUT2D eigenvalue weighted by Crippen LogP contribution is -2.46. The van der Waals surface area contributed by atoms with Crippen LogP contribution in [-0.4, -0.2) is 48.1 Å². The summed E-state index contributed by atoms with van der Waals surface area (Å²) in [6.45, 7) is 2.74. The smallest absolute Gasteiger partial charge is 0.336 e. The molecule has 0 unspecified atom stereocenters. The van der Waals surface area contributed by atoms with Gasteiger partial charge in [-0.2, -0.15) is 0 Å². The molecule has 1 aliphatic heterocycles. The Morgan fingerprint density at radius 3 is 2.29 bits per heavy atom. The van der Waals surface area contributed by atoms with Crippen LogP contribution < -0.4 is 5.32 Å². The second-order valence-corrected chi connectivity index (χ2v) is 3.89. The highest BCUT2D eigenvalue weighted by atomic mass is 16.4. The fourth-order valence-corrected chi connectivity index (χ4v) is 1.89. The van der Waals surface area contributed by atoms with E-state index in [1.54, 1.807) is 23.1 Å². The summed E-state index contributed by atoms with van der Waals surface area (Å²) in [5, 5.41) is 12.2. The Hall–Kier alpha value is -1.88. The lowest BCUT2D eigenvalue weighted by molar-refractivity contribution is 0.0670. The molecule has 0 aromatic heterocycles. The highest BCUT2D eigenvalue weighted by Gasteiger charge is 2.22. The standard InChI is InChI=1S/C12H14N2O3/c15-11(14-7-5-13-6-8-14)9-3-1-2-4-10(9)12(16)17/h1-4,13H,5-8H2,(H,16,17). The van der Waals surface area contributed by atoms with Crippen LogP contribution in [0.3, 0.4) is 0 Å². The third-order valence-electron chi connectivity index (χ3n) is 2.79. The van der Waals surface area contributed by atoms with Gasteiger partial charge < -0.3 is 15.3 Å². The second kappa shape index (κ2) is 4.97. The first kappa shape index (κ1) is 11.6. The Bertz CT molecular complexity index is 439. The Labute approximate surface area is 99.0 Å². The number of piperazine rings is 1. The molecule has 0 bridgehead atoms. The van der Waals surface area contributed by atoms with Gasteiger partial charge >= 0.3 is 5.97 Å². The van der Waals surface area contributed by atoms with Crippen LogP contribution >= 0.6 is 0 Å². The van der Waals surface area contributed by atoms with E-state index in [9.17, 15) is 9.59 Å². The summed E-state index contributed by atoms with van der Waals surface area (Å²) in [7, 11) is 0. The lowest BCUT2D eigenvalue weighted by Gasteiger charge is -2.27. The molecule has 1 aliphatic rings. The van der Waals surface area contributed by atoms with Crippen LogP contribution in [0.5, 0.6) is 0 Å². The minimum atomic E-state index is -1.07. The van der Waals surface area contributed by atoms with Crippen molar-refractivity contribution in [3.63, 3.8) is 0 Å². The number of carboxylic acid groups (broad SMARTS) is 1. The maximum atomic E-state index is 12.2. The number of carbonyl (C=O) groups is 2. The number of rotatable bonds is 2. The zero-order valence-electron chi connectivity index (χ0n) is 9.35. The molecule has 0 saturated carbocycles. The molecule has 1 heterocycles. The first-order valence-corrected chi connectivity index (χ1v) is 5.52. The van der Waals surface area contributed by atoms with Crippen LogP contribution in [0.4, 0.5) is 0 Å². The van der Waals surface area contributed by atoms with Crippen molar-refractivity contribution in [1.82, 2.24) is 10.2 Å². The number of aromatic carboxylic acids is 1. The van der Waals surface area contributed by atoms with Crippen LogP contribution in [0.2, 0.25) is 0 Å². The van der Waals surface area contributed by atoms with E-state index < -0.39 is 5.97 Å². The molecule has 1 fully saturated rings. The summed E-state index contributed by atoms with van der Waals surface area (Å²) in [5.74, 6) is -1.27. The molecule has 5 heteroatoms. The summed E-state index contributed by atoms with van der Waals surface area (Å²) in [4.78, 5) is 24.9. The molecule has 90 valence electrons. The van der Waals surface area contributed by atoms with Crippen LogP contribution in [0.1, 0.15) is 20.7 Å². The predicted octanol–water partition coefficient (Wildman–Crippen LogP) is 0.430. The summed E-state index contributed by atoms with van der Waals surface area (Å²) in [6.07, 6.45) is 0. The maximum Gasteiger partial charge on any atom is 0.336 e. The number of hydrogen-bond acceptors (Lipinski definition) is 3. The van der Waals surface area contributed by atoms with Crippen molar-refractivity contribution in [3.8, 4) is 0 Å². The minimum Gasteiger partial charge on any atom is -0.478 e. The molecular formula is C12H14N2O3. The Morgan fingerprint density at radius 2 is 1.71 bits per heavy atom. The lowest BCUT2D eigenvalue weighted by atomic mass is 10.1. The largest absolute Gasteiger partial charge is 0.478 e. The van der Waals surface area contributed by atoms with Gasteiger partial charge in [0.05, 0.1) is 11.1 Å². The monoisotopic (exact) mass is 234 g/mol. The number of benzene rings is 1. The summed E-state index contributed by atoms with van der Waals surface area (Å²) < 4.78 is 0. The van der Waals surface area contributed by atoms with Gasteiger partial charge in [0.15, 0.2) is 0 Å². The van der Waals surface area contributed by atoms with Gasteiger partial charge in [0.2, 0.25) is 0 Å². The SMILES string of the molecule is O=C(O)c1ccccc1C(=O)N1CCNCC1. The average Bonchev–Trinajstić information content (AvgIpc) is 2.39. The molecule has 0 aliphatic carbocycles. The van der Waals surface area contributed by atoms with Crippen LogP contribution in [0.25, 0.3) is 0 Å². The maximum absolute atomic E-state index is 12.2. The van der Waals surface area contributed by atoms with Crippen molar-refractivity contribution in [3.05, 3.63) is 35.4 Å². The molecule has 0 spiro atoms. The quantitative estimate of drug-likeness (QED) is 0.778. The Morgan fingerprint density at radius 1 is 1.12 bits per heavy atom. The van der Waals surface area contributed by atoms with Crippen LogP contribution in [0.15, 0.2) is 24.3 Å². The van der Waals surface area contributed by atoms with Crippen molar-refractivity contribution in [2.75, 3.05) is 26.2 Å². The van der Waals surface area contributed by atoms with Crippen molar-refractivity contribution in [1.29, 1.82) is 0 Å². The van der Waals surface area contributed by atoms with Crippen molar-refractivity contribution >= 4 is 11.9 Å². The zero-order chi connectivity index (χ0) is 12.3. The van der Waals surface area contributed by atoms with E-state index in [-0.39, 0.29) is 17.0 Å². The summed E-state index contributed by atoms with van der Waals surface area (Å²) in [6, 6.07) is 6.32. The van der Waals surface area contributed by atoms with E-state index >= 15 is 0 Å². The van der Waals surface area contributed by atoms with E-state index in [4.69, 9.17) is 5.11 Å². The topological polar surface area (TPSA) is 69.6 Å². The van der Waals surface area contributed by atoms with E-state index in [2.05, 4.69) is 5.32 Å².